The van der Waals surface area contributed by atoms with Gasteiger partial charge in [-0.2, -0.15) is 0 Å². The van der Waals surface area contributed by atoms with Crippen molar-refractivity contribution in [1.29, 1.82) is 0 Å². The van der Waals surface area contributed by atoms with Gasteiger partial charge in [0.15, 0.2) is 0 Å². The third-order valence-corrected chi connectivity index (χ3v) is 1.55. The van der Waals surface area contributed by atoms with Crippen LogP contribution in [0, 0.1) is 0 Å². The Bertz CT molecular complexity index is 315. The van der Waals surface area contributed by atoms with Gasteiger partial charge in [-0.3, -0.25) is 4.98 Å². The van der Waals surface area contributed by atoms with Gasteiger partial charge in [-0.25, -0.2) is 8.78 Å². The molecule has 1 rings (SSSR count). The molecule has 0 aliphatic heterocycles. The molecule has 0 saturated heterocycles. The van der Waals surface area contributed by atoms with E-state index >= 15 is 0 Å². The highest BCUT2D eigenvalue weighted by Crippen LogP contribution is 2.15. The van der Waals surface area contributed by atoms with Crippen LogP contribution >= 0.6 is 12.2 Å². The fraction of sp³-hybridized carbons (Fsp3) is 0.250. The third kappa shape index (κ3) is 3.02. The molecule has 0 aliphatic carbocycles. The summed E-state index contributed by atoms with van der Waals surface area (Å²) in [4.78, 5) is 3.94. The maximum absolute atomic E-state index is 12.2. The molecule has 0 atom stereocenters. The van der Waals surface area contributed by atoms with Gasteiger partial charge >= 0.3 is 0 Å². The molecule has 5 heteroatoms. The van der Waals surface area contributed by atoms with Gasteiger partial charge in [0.2, 0.25) is 0 Å². The zero-order valence-corrected chi connectivity index (χ0v) is 7.52. The van der Waals surface area contributed by atoms with Crippen molar-refractivity contribution in [1.82, 2.24) is 4.98 Å². The van der Waals surface area contributed by atoms with E-state index in [9.17, 15) is 8.78 Å². The van der Waals surface area contributed by atoms with E-state index in [2.05, 4.69) is 17.2 Å². The van der Waals surface area contributed by atoms with Crippen molar-refractivity contribution in [2.75, 3.05) is 0 Å². The molecule has 2 nitrogen and oxygen atoms in total. The third-order valence-electron chi connectivity index (χ3n) is 1.41. The molecule has 0 aliphatic rings. The number of nitrogens with two attached hydrogens (primary N) is 1. The number of rotatable bonds is 3. The summed E-state index contributed by atoms with van der Waals surface area (Å²) in [6.45, 7) is 0. The number of nitrogens with zero attached hydrogens (tertiary/aromatic N) is 1. The number of hydrogen-bond donors (Lipinski definition) is 1. The fourth-order valence-corrected chi connectivity index (χ4v) is 1.04. The first-order valence-electron chi connectivity index (χ1n) is 3.62. The van der Waals surface area contributed by atoms with Crippen LogP contribution in [0.4, 0.5) is 8.78 Å². The average Bonchev–Trinajstić information content (AvgIpc) is 2.03. The van der Waals surface area contributed by atoms with Gasteiger partial charge in [-0.15, -0.1) is 0 Å². The highest BCUT2D eigenvalue weighted by Gasteiger charge is 2.08. The zero-order valence-electron chi connectivity index (χ0n) is 6.71. The first-order chi connectivity index (χ1) is 6.09. The van der Waals surface area contributed by atoms with Crippen LogP contribution in [0.5, 0.6) is 0 Å². The van der Waals surface area contributed by atoms with Crippen molar-refractivity contribution in [2.24, 2.45) is 5.73 Å². The average molecular weight is 202 g/mol. The number of aromatic nitrogens is 1. The Hall–Kier alpha value is -1.10. The maximum Gasteiger partial charge on any atom is 0.280 e. The summed E-state index contributed by atoms with van der Waals surface area (Å²) in [5.41, 5.74) is 5.49. The summed E-state index contributed by atoms with van der Waals surface area (Å²) in [5.74, 6) is 0. The normalized spacial score (nSPS) is 10.4. The van der Waals surface area contributed by atoms with Gasteiger partial charge in [0, 0.05) is 12.1 Å². The Kier molecular flexibility index (Phi) is 3.25. The van der Waals surface area contributed by atoms with Gasteiger partial charge in [-0.1, -0.05) is 18.3 Å². The van der Waals surface area contributed by atoms with E-state index in [1.54, 1.807) is 6.07 Å². The van der Waals surface area contributed by atoms with Crippen molar-refractivity contribution < 1.29 is 8.78 Å². The zero-order chi connectivity index (χ0) is 9.84. The molecule has 0 amide bonds. The molecule has 0 fully saturated rings. The molecule has 1 heterocycles. The quantitative estimate of drug-likeness (QED) is 0.760. The van der Waals surface area contributed by atoms with Crippen LogP contribution in [-0.4, -0.2) is 9.97 Å². The predicted molar refractivity (Wildman–Crippen MR) is 49.7 cm³/mol. The summed E-state index contributed by atoms with van der Waals surface area (Å²) in [6, 6.07) is 4.40. The van der Waals surface area contributed by atoms with Crippen molar-refractivity contribution in [2.45, 2.75) is 12.8 Å². The van der Waals surface area contributed by atoms with Gasteiger partial charge in [0.05, 0.1) is 4.99 Å². The second-order valence-electron chi connectivity index (χ2n) is 2.50. The maximum atomic E-state index is 12.2. The van der Waals surface area contributed by atoms with Crippen molar-refractivity contribution in [3.8, 4) is 0 Å². The van der Waals surface area contributed by atoms with Crippen LogP contribution in [0.1, 0.15) is 17.8 Å². The summed E-state index contributed by atoms with van der Waals surface area (Å²) in [5, 5.41) is 0. The summed E-state index contributed by atoms with van der Waals surface area (Å²) in [7, 11) is 0. The minimum Gasteiger partial charge on any atom is -0.393 e. The lowest BCUT2D eigenvalue weighted by atomic mass is 10.2. The molecular formula is C8H8F2N2S. The van der Waals surface area contributed by atoms with Gasteiger partial charge in [-0.05, 0) is 12.1 Å². The smallest absolute Gasteiger partial charge is 0.280 e. The number of halogens is 2. The van der Waals surface area contributed by atoms with E-state index in [-0.39, 0.29) is 17.1 Å². The largest absolute Gasteiger partial charge is 0.393 e. The number of pyridine rings is 1. The molecule has 0 radical (unpaired) electrons. The second-order valence-corrected chi connectivity index (χ2v) is 3.02. The molecule has 1 aromatic rings. The molecule has 0 unspecified atom stereocenters. The minimum absolute atomic E-state index is 0.242. The van der Waals surface area contributed by atoms with Crippen LogP contribution in [0.3, 0.4) is 0 Å². The van der Waals surface area contributed by atoms with Gasteiger partial charge in [0.25, 0.3) is 6.43 Å². The SMILES string of the molecule is NC(=S)Cc1cccc(C(F)F)n1. The molecule has 2 N–H and O–H groups in total. The lowest BCUT2D eigenvalue weighted by Crippen LogP contribution is -2.12. The van der Waals surface area contributed by atoms with E-state index in [0.717, 1.165) is 0 Å². The monoisotopic (exact) mass is 202 g/mol. The highest BCUT2D eigenvalue weighted by atomic mass is 32.1. The lowest BCUT2D eigenvalue weighted by Gasteiger charge is -2.01. The van der Waals surface area contributed by atoms with Crippen LogP contribution in [-0.2, 0) is 6.42 Å². The Morgan fingerprint density at radius 3 is 2.77 bits per heavy atom. The van der Waals surface area contributed by atoms with Crippen molar-refractivity contribution in [3.63, 3.8) is 0 Å². The Balaban J connectivity index is 2.85. The van der Waals surface area contributed by atoms with Crippen LogP contribution in [0.25, 0.3) is 0 Å². The van der Waals surface area contributed by atoms with E-state index in [4.69, 9.17) is 5.73 Å². The Morgan fingerprint density at radius 1 is 1.54 bits per heavy atom. The van der Waals surface area contributed by atoms with E-state index < -0.39 is 6.43 Å². The number of alkyl halides is 2. The Labute approximate surface area is 79.8 Å². The molecular weight excluding hydrogens is 194 g/mol. The van der Waals surface area contributed by atoms with Crippen molar-refractivity contribution in [3.05, 3.63) is 29.6 Å². The summed E-state index contributed by atoms with van der Waals surface area (Å²) in [6.07, 6.45) is -2.29. The lowest BCUT2D eigenvalue weighted by molar-refractivity contribution is 0.146. The molecule has 0 spiro atoms. The summed E-state index contributed by atoms with van der Waals surface area (Å²) >= 11 is 4.64. The summed E-state index contributed by atoms with van der Waals surface area (Å²) < 4.78 is 24.3. The first kappa shape index (κ1) is 9.98. The Morgan fingerprint density at radius 2 is 2.23 bits per heavy atom. The fourth-order valence-electron chi connectivity index (χ4n) is 0.897. The predicted octanol–water partition coefficient (Wildman–Crippen LogP) is 1.85. The van der Waals surface area contributed by atoms with E-state index in [1.165, 1.54) is 12.1 Å². The van der Waals surface area contributed by atoms with Crippen LogP contribution < -0.4 is 5.73 Å². The topological polar surface area (TPSA) is 38.9 Å². The molecule has 1 aromatic heterocycles. The minimum atomic E-state index is -2.55. The second kappa shape index (κ2) is 4.23. The molecule has 13 heavy (non-hydrogen) atoms. The van der Waals surface area contributed by atoms with Gasteiger partial charge < -0.3 is 5.73 Å². The molecule has 0 saturated carbocycles. The number of thiocarbonyl (C=S) groups is 1. The molecule has 0 aromatic carbocycles. The number of hydrogen-bond acceptors (Lipinski definition) is 2. The van der Waals surface area contributed by atoms with Crippen LogP contribution in [0.15, 0.2) is 18.2 Å². The van der Waals surface area contributed by atoms with Gasteiger partial charge in [0.1, 0.15) is 5.69 Å². The standard InChI is InChI=1S/C8H8F2N2S/c9-8(10)6-3-1-2-5(12-6)4-7(11)13/h1-3,8H,4H2,(H2,11,13). The molecule has 70 valence electrons. The van der Waals surface area contributed by atoms with E-state index in [0.29, 0.717) is 5.69 Å². The van der Waals surface area contributed by atoms with Crippen LogP contribution in [0.2, 0.25) is 0 Å². The highest BCUT2D eigenvalue weighted by molar-refractivity contribution is 7.80. The first-order valence-corrected chi connectivity index (χ1v) is 4.02. The van der Waals surface area contributed by atoms with E-state index in [1.807, 2.05) is 0 Å². The molecule has 0 bridgehead atoms. The van der Waals surface area contributed by atoms with Crippen molar-refractivity contribution >= 4 is 17.2 Å².